The van der Waals surface area contributed by atoms with E-state index in [-0.39, 0.29) is 5.91 Å². The maximum absolute atomic E-state index is 13.7. The van der Waals surface area contributed by atoms with E-state index < -0.39 is 5.92 Å². The van der Waals surface area contributed by atoms with E-state index >= 15 is 0 Å². The Bertz CT molecular complexity index is 1730. The van der Waals surface area contributed by atoms with Crippen LogP contribution in [0.25, 0.3) is 27.6 Å². The number of anilines is 1. The molecule has 0 bridgehead atoms. The molecule has 0 atom stereocenters. The van der Waals surface area contributed by atoms with Crippen molar-refractivity contribution in [1.29, 1.82) is 0 Å². The zero-order valence-corrected chi connectivity index (χ0v) is 20.2. The van der Waals surface area contributed by atoms with Crippen molar-refractivity contribution in [2.75, 3.05) is 5.32 Å². The van der Waals surface area contributed by atoms with Gasteiger partial charge >= 0.3 is 0 Å². The zero-order chi connectivity index (χ0) is 24.8. The Balaban J connectivity index is 1.22. The first-order valence-corrected chi connectivity index (χ1v) is 12.7. The van der Waals surface area contributed by atoms with Gasteiger partial charge < -0.3 is 10.1 Å². The van der Waals surface area contributed by atoms with Gasteiger partial charge in [0.25, 0.3) is 0 Å². The highest BCUT2D eigenvalue weighted by molar-refractivity contribution is 7.13. The van der Waals surface area contributed by atoms with Gasteiger partial charge in [-0.1, -0.05) is 54.6 Å². The summed E-state index contributed by atoms with van der Waals surface area (Å²) in [4.78, 5) is 14.7. The average molecular weight is 502 g/mol. The molecule has 178 valence electrons. The molecule has 7 rings (SSSR count). The Morgan fingerprint density at radius 3 is 2.38 bits per heavy atom. The highest BCUT2D eigenvalue weighted by atomic mass is 32.1. The van der Waals surface area contributed by atoms with Gasteiger partial charge in [-0.25, -0.2) is 0 Å². The molecule has 4 heterocycles. The highest BCUT2D eigenvalue weighted by Gasteiger charge is 2.32. The number of nitrogens with one attached hydrogen (secondary N) is 1. The van der Waals surface area contributed by atoms with Gasteiger partial charge in [0.05, 0.1) is 16.5 Å². The van der Waals surface area contributed by atoms with Gasteiger partial charge in [-0.15, -0.1) is 21.5 Å². The Morgan fingerprint density at radius 1 is 0.838 bits per heavy atom. The third-order valence-electron chi connectivity index (χ3n) is 6.37. The van der Waals surface area contributed by atoms with Crippen molar-refractivity contribution in [3.05, 3.63) is 114 Å². The van der Waals surface area contributed by atoms with Crippen LogP contribution in [0.5, 0.6) is 11.5 Å². The number of amides is 1. The fraction of sp³-hybridized carbons (Fsp3) is 0.0345. The first-order valence-electron chi connectivity index (χ1n) is 11.8. The molecule has 6 aromatic rings. The molecule has 1 amide bonds. The predicted octanol–water partition coefficient (Wildman–Crippen LogP) is 6.40. The van der Waals surface area contributed by atoms with E-state index in [1.54, 1.807) is 15.9 Å². The number of rotatable bonds is 4. The highest BCUT2D eigenvalue weighted by Crippen LogP contribution is 2.44. The molecule has 0 fully saturated rings. The number of carbonyl (C=O) groups excluding carboxylic acids is 1. The molecule has 3 aromatic heterocycles. The lowest BCUT2D eigenvalue weighted by atomic mass is 9.87. The normalized spacial score (nSPS) is 12.5. The number of nitrogens with zero attached hydrogens (tertiary/aromatic N) is 4. The summed E-state index contributed by atoms with van der Waals surface area (Å²) < 4.78 is 7.80. The minimum atomic E-state index is -0.482. The number of thiophene rings is 1. The third kappa shape index (κ3) is 3.75. The molecule has 0 saturated carbocycles. The molecule has 0 unspecified atom stereocenters. The van der Waals surface area contributed by atoms with Crippen molar-refractivity contribution in [2.45, 2.75) is 5.92 Å². The second-order valence-electron chi connectivity index (χ2n) is 8.67. The molecule has 3 aromatic carbocycles. The molecule has 1 aliphatic rings. The second-order valence-corrected chi connectivity index (χ2v) is 9.62. The predicted molar refractivity (Wildman–Crippen MR) is 143 cm³/mol. The van der Waals surface area contributed by atoms with Crippen LogP contribution >= 0.6 is 11.3 Å². The van der Waals surface area contributed by atoms with Crippen molar-refractivity contribution >= 4 is 28.6 Å². The Morgan fingerprint density at radius 2 is 1.62 bits per heavy atom. The summed E-state index contributed by atoms with van der Waals surface area (Å²) in [7, 11) is 0. The molecule has 0 spiro atoms. The average Bonchev–Trinajstić information content (AvgIpc) is 3.61. The number of benzene rings is 3. The maximum Gasteiger partial charge on any atom is 0.236 e. The van der Waals surface area contributed by atoms with E-state index in [0.29, 0.717) is 28.7 Å². The lowest BCUT2D eigenvalue weighted by Crippen LogP contribution is -2.25. The van der Waals surface area contributed by atoms with E-state index in [4.69, 9.17) is 9.84 Å². The van der Waals surface area contributed by atoms with Crippen LogP contribution in [0.15, 0.2) is 102 Å². The van der Waals surface area contributed by atoms with Crippen molar-refractivity contribution < 1.29 is 9.53 Å². The molecule has 0 radical (unpaired) electrons. The second kappa shape index (κ2) is 8.69. The van der Waals surface area contributed by atoms with Gasteiger partial charge in [0.15, 0.2) is 11.5 Å². The molecule has 0 saturated heterocycles. The van der Waals surface area contributed by atoms with Gasteiger partial charge in [-0.2, -0.15) is 9.61 Å². The lowest BCUT2D eigenvalue weighted by Gasteiger charge is -2.27. The van der Waals surface area contributed by atoms with Gasteiger partial charge in [0.2, 0.25) is 5.91 Å². The molecule has 7 nitrogen and oxygen atoms in total. The van der Waals surface area contributed by atoms with Crippen molar-refractivity contribution in [3.8, 4) is 33.5 Å². The standard InChI is InChI=1S/C29H19N5O2S/c35-29(27-20-9-1-3-11-23(20)36-24-12-4-2-10-21(24)27)30-19-8-5-7-18(17-19)22-14-15-26-31-32-28(34(26)33-22)25-13-6-16-37-25/h1-17,27H,(H,30,35). The number of aromatic nitrogens is 4. The van der Waals surface area contributed by atoms with E-state index in [1.807, 2.05) is 102 Å². The van der Waals surface area contributed by atoms with E-state index in [9.17, 15) is 4.79 Å². The summed E-state index contributed by atoms with van der Waals surface area (Å²) in [6.45, 7) is 0. The Kier molecular flexibility index (Phi) is 5.04. The van der Waals surface area contributed by atoms with Crippen LogP contribution in [0.4, 0.5) is 5.69 Å². The fourth-order valence-corrected chi connectivity index (χ4v) is 5.36. The fourth-order valence-electron chi connectivity index (χ4n) is 4.67. The van der Waals surface area contributed by atoms with Gasteiger partial charge in [-0.3, -0.25) is 4.79 Å². The summed E-state index contributed by atoms with van der Waals surface area (Å²) in [6, 6.07) is 30.8. The van der Waals surface area contributed by atoms with E-state index in [2.05, 4.69) is 15.5 Å². The van der Waals surface area contributed by atoms with Crippen molar-refractivity contribution in [3.63, 3.8) is 0 Å². The minimum Gasteiger partial charge on any atom is -0.457 e. The first-order chi connectivity index (χ1) is 18.2. The summed E-state index contributed by atoms with van der Waals surface area (Å²) in [5.74, 6) is 1.49. The summed E-state index contributed by atoms with van der Waals surface area (Å²) >= 11 is 1.59. The summed E-state index contributed by atoms with van der Waals surface area (Å²) in [6.07, 6.45) is 0. The maximum atomic E-state index is 13.7. The van der Waals surface area contributed by atoms with Crippen LogP contribution in [-0.2, 0) is 4.79 Å². The largest absolute Gasteiger partial charge is 0.457 e. The molecular weight excluding hydrogens is 482 g/mol. The third-order valence-corrected chi connectivity index (χ3v) is 7.24. The van der Waals surface area contributed by atoms with E-state index in [1.165, 1.54) is 0 Å². The number of para-hydroxylation sites is 2. The number of fused-ring (bicyclic) bond motifs is 3. The molecule has 8 heteroatoms. The summed E-state index contributed by atoms with van der Waals surface area (Å²) in [5.41, 5.74) is 4.68. The van der Waals surface area contributed by atoms with Crippen LogP contribution in [0, 0.1) is 0 Å². The van der Waals surface area contributed by atoms with Crippen LogP contribution < -0.4 is 10.1 Å². The van der Waals surface area contributed by atoms with Crippen LogP contribution in [0.1, 0.15) is 17.0 Å². The zero-order valence-electron chi connectivity index (χ0n) is 19.4. The van der Waals surface area contributed by atoms with Gasteiger partial charge in [0, 0.05) is 22.4 Å². The van der Waals surface area contributed by atoms with Gasteiger partial charge in [-0.05, 0) is 47.8 Å². The Labute approximate surface area is 216 Å². The van der Waals surface area contributed by atoms with E-state index in [0.717, 1.165) is 27.3 Å². The number of hydrogen-bond acceptors (Lipinski definition) is 6. The smallest absolute Gasteiger partial charge is 0.236 e. The van der Waals surface area contributed by atoms with Crippen molar-refractivity contribution in [1.82, 2.24) is 19.8 Å². The topological polar surface area (TPSA) is 81.4 Å². The molecular formula is C29H19N5O2S. The minimum absolute atomic E-state index is 0.123. The lowest BCUT2D eigenvalue weighted by molar-refractivity contribution is -0.116. The molecule has 1 aliphatic heterocycles. The van der Waals surface area contributed by atoms with Crippen LogP contribution in [0.3, 0.4) is 0 Å². The Hall–Kier alpha value is -4.82. The van der Waals surface area contributed by atoms with Crippen molar-refractivity contribution in [2.24, 2.45) is 0 Å². The van der Waals surface area contributed by atoms with Crippen LogP contribution in [-0.4, -0.2) is 25.7 Å². The SMILES string of the molecule is O=C(Nc1cccc(-c2ccc3nnc(-c4cccs4)n3n2)c1)C1c2ccccc2Oc2ccccc21. The number of carbonyl (C=O) groups is 1. The molecule has 1 N–H and O–H groups in total. The number of ether oxygens (including phenoxy) is 1. The van der Waals surface area contributed by atoms with Gasteiger partial charge in [0.1, 0.15) is 11.5 Å². The quantitative estimate of drug-likeness (QED) is 0.302. The summed E-state index contributed by atoms with van der Waals surface area (Å²) in [5, 5.41) is 18.5. The van der Waals surface area contributed by atoms with Crippen LogP contribution in [0.2, 0.25) is 0 Å². The molecule has 0 aliphatic carbocycles. The number of hydrogen-bond donors (Lipinski definition) is 1. The monoisotopic (exact) mass is 501 g/mol. The molecule has 37 heavy (non-hydrogen) atoms. The first kappa shape index (κ1) is 21.5.